The molecule has 3 heteroatoms. The Hall–Kier alpha value is -0.930. The quantitative estimate of drug-likeness (QED) is 0.864. The lowest BCUT2D eigenvalue weighted by Gasteiger charge is -2.37. The van der Waals surface area contributed by atoms with Gasteiger partial charge in [-0.3, -0.25) is 4.98 Å². The van der Waals surface area contributed by atoms with Gasteiger partial charge in [0.05, 0.1) is 0 Å². The van der Waals surface area contributed by atoms with Crippen LogP contribution in [0.4, 0.5) is 0 Å². The van der Waals surface area contributed by atoms with Crippen LogP contribution in [0.5, 0.6) is 0 Å². The van der Waals surface area contributed by atoms with Crippen molar-refractivity contribution < 1.29 is 0 Å². The molecule has 112 valence electrons. The highest BCUT2D eigenvalue weighted by Gasteiger charge is 2.25. The minimum Gasteiger partial charge on any atom is -0.307 e. The highest BCUT2D eigenvalue weighted by molar-refractivity contribution is 5.13. The van der Waals surface area contributed by atoms with E-state index in [2.05, 4.69) is 42.0 Å². The monoisotopic (exact) mass is 275 g/mol. The molecule has 1 aromatic heterocycles. The Kier molecular flexibility index (Phi) is 5.99. The van der Waals surface area contributed by atoms with Gasteiger partial charge in [-0.25, -0.2) is 0 Å². The second-order valence-corrected chi connectivity index (χ2v) is 6.17. The smallest absolute Gasteiger partial charge is 0.0315 e. The maximum Gasteiger partial charge on any atom is 0.0315 e. The largest absolute Gasteiger partial charge is 0.307 e. The molecular formula is C17H29N3. The molecule has 0 spiro atoms. The first-order valence-electron chi connectivity index (χ1n) is 8.09. The SMILES string of the molecule is CCCN1CCCC(C(C)NC(C)c2cccnc2)C1. The van der Waals surface area contributed by atoms with E-state index in [0.717, 1.165) is 5.92 Å². The third-order valence-electron chi connectivity index (χ3n) is 4.49. The zero-order chi connectivity index (χ0) is 14.4. The summed E-state index contributed by atoms with van der Waals surface area (Å²) in [4.78, 5) is 6.84. The van der Waals surface area contributed by atoms with Crippen molar-refractivity contribution in [3.8, 4) is 0 Å². The number of aromatic nitrogens is 1. The van der Waals surface area contributed by atoms with Crippen LogP contribution in [0.15, 0.2) is 24.5 Å². The first kappa shape index (κ1) is 15.5. The van der Waals surface area contributed by atoms with Crippen LogP contribution in [0.2, 0.25) is 0 Å². The maximum absolute atomic E-state index is 4.21. The van der Waals surface area contributed by atoms with Gasteiger partial charge in [0.1, 0.15) is 0 Å². The summed E-state index contributed by atoms with van der Waals surface area (Å²) in [7, 11) is 0. The van der Waals surface area contributed by atoms with Crippen molar-refractivity contribution in [1.82, 2.24) is 15.2 Å². The van der Waals surface area contributed by atoms with E-state index in [1.54, 1.807) is 0 Å². The number of rotatable bonds is 6. The number of nitrogens with one attached hydrogen (secondary N) is 1. The number of piperidine rings is 1. The molecule has 3 atom stereocenters. The van der Waals surface area contributed by atoms with Gasteiger partial charge in [0, 0.05) is 31.0 Å². The van der Waals surface area contributed by atoms with Gasteiger partial charge in [0.15, 0.2) is 0 Å². The van der Waals surface area contributed by atoms with E-state index in [1.807, 2.05) is 18.5 Å². The predicted molar refractivity (Wildman–Crippen MR) is 84.7 cm³/mol. The summed E-state index contributed by atoms with van der Waals surface area (Å²) < 4.78 is 0. The summed E-state index contributed by atoms with van der Waals surface area (Å²) in [5, 5.41) is 3.76. The normalized spacial score (nSPS) is 23.4. The summed E-state index contributed by atoms with van der Waals surface area (Å²) in [6, 6.07) is 5.11. The van der Waals surface area contributed by atoms with Crippen LogP contribution in [-0.4, -0.2) is 35.6 Å². The van der Waals surface area contributed by atoms with E-state index >= 15 is 0 Å². The van der Waals surface area contributed by atoms with Crippen LogP contribution in [0.3, 0.4) is 0 Å². The molecule has 0 aromatic carbocycles. The molecule has 3 unspecified atom stereocenters. The van der Waals surface area contributed by atoms with Crippen LogP contribution < -0.4 is 5.32 Å². The molecule has 0 amide bonds. The van der Waals surface area contributed by atoms with E-state index in [9.17, 15) is 0 Å². The Morgan fingerprint density at radius 2 is 2.30 bits per heavy atom. The van der Waals surface area contributed by atoms with E-state index in [4.69, 9.17) is 0 Å². The van der Waals surface area contributed by atoms with Crippen molar-refractivity contribution >= 4 is 0 Å². The molecule has 2 heterocycles. The van der Waals surface area contributed by atoms with Crippen molar-refractivity contribution in [3.63, 3.8) is 0 Å². The molecule has 1 saturated heterocycles. The lowest BCUT2D eigenvalue weighted by atomic mass is 9.90. The van der Waals surface area contributed by atoms with Gasteiger partial charge < -0.3 is 10.2 Å². The number of pyridine rings is 1. The summed E-state index contributed by atoms with van der Waals surface area (Å²) in [5.74, 6) is 0.773. The second kappa shape index (κ2) is 7.75. The maximum atomic E-state index is 4.21. The summed E-state index contributed by atoms with van der Waals surface area (Å²) in [6.07, 6.45) is 7.77. The summed E-state index contributed by atoms with van der Waals surface area (Å²) >= 11 is 0. The van der Waals surface area contributed by atoms with Gasteiger partial charge in [-0.1, -0.05) is 13.0 Å². The molecule has 2 rings (SSSR count). The Labute approximate surface area is 123 Å². The molecule has 0 aliphatic carbocycles. The Morgan fingerprint density at radius 1 is 1.45 bits per heavy atom. The minimum absolute atomic E-state index is 0.375. The van der Waals surface area contributed by atoms with Crippen molar-refractivity contribution in [3.05, 3.63) is 30.1 Å². The number of likely N-dealkylation sites (tertiary alicyclic amines) is 1. The molecule has 0 radical (unpaired) electrons. The topological polar surface area (TPSA) is 28.2 Å². The van der Waals surface area contributed by atoms with Gasteiger partial charge in [-0.15, -0.1) is 0 Å². The predicted octanol–water partition coefficient (Wildman–Crippen LogP) is 3.24. The molecule has 1 aromatic rings. The Bertz CT molecular complexity index is 377. The number of hydrogen-bond acceptors (Lipinski definition) is 3. The molecular weight excluding hydrogens is 246 g/mol. The molecule has 20 heavy (non-hydrogen) atoms. The fourth-order valence-electron chi connectivity index (χ4n) is 3.28. The summed E-state index contributed by atoms with van der Waals surface area (Å²) in [5.41, 5.74) is 1.28. The molecule has 0 bridgehead atoms. The zero-order valence-corrected chi connectivity index (χ0v) is 13.2. The Balaban J connectivity index is 1.86. The molecule has 0 saturated carbocycles. The van der Waals surface area contributed by atoms with Gasteiger partial charge >= 0.3 is 0 Å². The standard InChI is InChI=1S/C17H29N3/c1-4-10-20-11-6-8-17(13-20)15(3)19-14(2)16-7-5-9-18-12-16/h5,7,9,12,14-15,17,19H,4,6,8,10-11,13H2,1-3H3. The van der Waals surface area contributed by atoms with Crippen molar-refractivity contribution in [1.29, 1.82) is 0 Å². The summed E-state index contributed by atoms with van der Waals surface area (Å²) in [6.45, 7) is 10.6. The van der Waals surface area contributed by atoms with Crippen molar-refractivity contribution in [2.45, 2.75) is 52.1 Å². The van der Waals surface area contributed by atoms with Gasteiger partial charge in [-0.2, -0.15) is 0 Å². The molecule has 3 nitrogen and oxygen atoms in total. The van der Waals surface area contributed by atoms with Gasteiger partial charge in [0.2, 0.25) is 0 Å². The molecule has 1 N–H and O–H groups in total. The molecule has 1 aliphatic rings. The average molecular weight is 275 g/mol. The van der Waals surface area contributed by atoms with E-state index in [0.29, 0.717) is 12.1 Å². The zero-order valence-electron chi connectivity index (χ0n) is 13.2. The van der Waals surface area contributed by atoms with Gasteiger partial charge in [0.25, 0.3) is 0 Å². The van der Waals surface area contributed by atoms with Crippen molar-refractivity contribution in [2.75, 3.05) is 19.6 Å². The van der Waals surface area contributed by atoms with Crippen LogP contribution in [0, 0.1) is 5.92 Å². The fourth-order valence-corrected chi connectivity index (χ4v) is 3.28. The van der Waals surface area contributed by atoms with Gasteiger partial charge in [-0.05, 0) is 63.7 Å². The molecule has 1 aliphatic heterocycles. The lowest BCUT2D eigenvalue weighted by molar-refractivity contribution is 0.147. The second-order valence-electron chi connectivity index (χ2n) is 6.17. The first-order chi connectivity index (χ1) is 9.70. The van der Waals surface area contributed by atoms with Crippen LogP contribution >= 0.6 is 0 Å². The van der Waals surface area contributed by atoms with Crippen molar-refractivity contribution in [2.24, 2.45) is 5.92 Å². The first-order valence-corrected chi connectivity index (χ1v) is 8.09. The highest BCUT2D eigenvalue weighted by atomic mass is 15.1. The van der Waals surface area contributed by atoms with Crippen LogP contribution in [-0.2, 0) is 0 Å². The average Bonchev–Trinajstić information content (AvgIpc) is 2.48. The van der Waals surface area contributed by atoms with E-state index < -0.39 is 0 Å². The third kappa shape index (κ3) is 4.29. The lowest BCUT2D eigenvalue weighted by Crippen LogP contribution is -2.45. The van der Waals surface area contributed by atoms with Crippen LogP contribution in [0.25, 0.3) is 0 Å². The van der Waals surface area contributed by atoms with E-state index in [1.165, 1.54) is 44.5 Å². The Morgan fingerprint density at radius 3 is 3.00 bits per heavy atom. The molecule has 1 fully saturated rings. The number of nitrogens with zero attached hydrogens (tertiary/aromatic N) is 2. The third-order valence-corrected chi connectivity index (χ3v) is 4.49. The van der Waals surface area contributed by atoms with Crippen LogP contribution in [0.1, 0.15) is 51.6 Å². The minimum atomic E-state index is 0.375. The fraction of sp³-hybridized carbons (Fsp3) is 0.706. The van der Waals surface area contributed by atoms with E-state index in [-0.39, 0.29) is 0 Å². The number of hydrogen-bond donors (Lipinski definition) is 1. The highest BCUT2D eigenvalue weighted by Crippen LogP contribution is 2.22.